The first-order valence-corrected chi connectivity index (χ1v) is 8.07. The number of carbonyl (C=O) groups is 1. The Bertz CT molecular complexity index is 775. The lowest BCUT2D eigenvalue weighted by Gasteiger charge is -2.13. The van der Waals surface area contributed by atoms with Crippen molar-refractivity contribution in [2.45, 2.75) is 32.2 Å². The Kier molecular flexibility index (Phi) is 3.29. The van der Waals surface area contributed by atoms with Crippen molar-refractivity contribution in [1.29, 1.82) is 0 Å². The Hall–Kier alpha value is -2.43. The second-order valence-corrected chi connectivity index (χ2v) is 6.21. The van der Waals surface area contributed by atoms with Crippen molar-refractivity contribution in [2.24, 2.45) is 5.73 Å². The van der Waals surface area contributed by atoms with Crippen molar-refractivity contribution in [3.63, 3.8) is 0 Å². The Morgan fingerprint density at radius 2 is 1.91 bits per heavy atom. The largest absolute Gasteiger partial charge is 0.490 e. The second kappa shape index (κ2) is 5.33. The summed E-state index contributed by atoms with van der Waals surface area (Å²) in [5.74, 6) is 1.17. The van der Waals surface area contributed by atoms with Gasteiger partial charge in [-0.2, -0.15) is 0 Å². The van der Waals surface area contributed by atoms with Gasteiger partial charge in [-0.05, 0) is 44.0 Å². The van der Waals surface area contributed by atoms with Gasteiger partial charge in [0, 0.05) is 29.4 Å². The second-order valence-electron chi connectivity index (χ2n) is 6.21. The quantitative estimate of drug-likeness (QED) is 0.947. The van der Waals surface area contributed by atoms with Gasteiger partial charge in [-0.25, -0.2) is 0 Å². The van der Waals surface area contributed by atoms with Crippen LogP contribution in [0.1, 0.15) is 41.4 Å². The third-order valence-corrected chi connectivity index (χ3v) is 4.51. The highest BCUT2D eigenvalue weighted by Gasteiger charge is 2.30. The van der Waals surface area contributed by atoms with E-state index in [9.17, 15) is 4.79 Å². The summed E-state index contributed by atoms with van der Waals surface area (Å²) in [7, 11) is 0. The number of benzene rings is 1. The number of carbonyl (C=O) groups excluding carboxylic acids is 1. The zero-order chi connectivity index (χ0) is 16.0. The number of fused-ring (bicyclic) bond motifs is 1. The van der Waals surface area contributed by atoms with Gasteiger partial charge in [0.25, 0.3) is 5.91 Å². The molecule has 4 rings (SSSR count). The number of primary amides is 1. The fourth-order valence-electron chi connectivity index (χ4n) is 3.22. The van der Waals surface area contributed by atoms with Crippen LogP contribution in [0.2, 0.25) is 0 Å². The minimum absolute atomic E-state index is 0.377. The van der Waals surface area contributed by atoms with Gasteiger partial charge in [0.15, 0.2) is 11.5 Å². The van der Waals surface area contributed by atoms with E-state index in [1.165, 1.54) is 0 Å². The number of ether oxygens (including phenoxy) is 2. The van der Waals surface area contributed by atoms with E-state index in [1.54, 1.807) is 0 Å². The predicted octanol–water partition coefficient (Wildman–Crippen LogP) is 3.06. The normalized spacial score (nSPS) is 16.9. The summed E-state index contributed by atoms with van der Waals surface area (Å²) in [6.45, 7) is 3.30. The minimum atomic E-state index is -0.377. The SMILES string of the molecule is Cc1c(C(N)=O)cc(-c2ccc3c(c2)OCCCO3)n1C1CC1. The van der Waals surface area contributed by atoms with Gasteiger partial charge in [0.2, 0.25) is 0 Å². The van der Waals surface area contributed by atoms with Crippen molar-refractivity contribution in [3.05, 3.63) is 35.5 Å². The van der Waals surface area contributed by atoms with Gasteiger partial charge in [-0.3, -0.25) is 4.79 Å². The van der Waals surface area contributed by atoms with Crippen LogP contribution in [0.3, 0.4) is 0 Å². The smallest absolute Gasteiger partial charge is 0.250 e. The Labute approximate surface area is 135 Å². The van der Waals surface area contributed by atoms with Gasteiger partial charge in [0.1, 0.15) is 0 Å². The summed E-state index contributed by atoms with van der Waals surface area (Å²) in [6, 6.07) is 8.33. The van der Waals surface area contributed by atoms with Crippen LogP contribution in [0.5, 0.6) is 11.5 Å². The van der Waals surface area contributed by atoms with E-state index < -0.39 is 0 Å². The number of hydrogen-bond acceptors (Lipinski definition) is 3. The Morgan fingerprint density at radius 3 is 2.61 bits per heavy atom. The third kappa shape index (κ3) is 2.46. The highest BCUT2D eigenvalue weighted by molar-refractivity contribution is 5.95. The van der Waals surface area contributed by atoms with Crippen LogP contribution >= 0.6 is 0 Å². The molecule has 0 radical (unpaired) electrons. The molecule has 1 saturated carbocycles. The molecule has 0 saturated heterocycles. The van der Waals surface area contributed by atoms with Gasteiger partial charge in [-0.1, -0.05) is 0 Å². The van der Waals surface area contributed by atoms with Crippen LogP contribution in [0.15, 0.2) is 24.3 Å². The van der Waals surface area contributed by atoms with E-state index in [0.717, 1.165) is 47.7 Å². The van der Waals surface area contributed by atoms with E-state index in [0.29, 0.717) is 24.8 Å². The van der Waals surface area contributed by atoms with E-state index in [4.69, 9.17) is 15.2 Å². The highest BCUT2D eigenvalue weighted by Crippen LogP contribution is 2.43. The van der Waals surface area contributed by atoms with Crippen LogP contribution < -0.4 is 15.2 Å². The number of amides is 1. The molecule has 2 heterocycles. The van der Waals surface area contributed by atoms with Crippen molar-refractivity contribution >= 4 is 5.91 Å². The van der Waals surface area contributed by atoms with Gasteiger partial charge >= 0.3 is 0 Å². The van der Waals surface area contributed by atoms with Crippen LogP contribution in [-0.4, -0.2) is 23.7 Å². The molecule has 1 aromatic heterocycles. The number of nitrogens with zero attached hydrogens (tertiary/aromatic N) is 1. The summed E-state index contributed by atoms with van der Waals surface area (Å²) < 4.78 is 13.7. The average molecular weight is 312 g/mol. The predicted molar refractivity (Wildman–Crippen MR) is 87.0 cm³/mol. The maximum absolute atomic E-state index is 11.7. The first kappa shape index (κ1) is 14.2. The molecule has 23 heavy (non-hydrogen) atoms. The van der Waals surface area contributed by atoms with Crippen LogP contribution in [0.25, 0.3) is 11.3 Å². The lowest BCUT2D eigenvalue weighted by Crippen LogP contribution is -2.12. The molecule has 1 aromatic carbocycles. The molecule has 0 bridgehead atoms. The van der Waals surface area contributed by atoms with E-state index in [1.807, 2.05) is 31.2 Å². The van der Waals surface area contributed by atoms with E-state index in [2.05, 4.69) is 4.57 Å². The minimum Gasteiger partial charge on any atom is -0.490 e. The van der Waals surface area contributed by atoms with E-state index >= 15 is 0 Å². The number of aromatic nitrogens is 1. The molecule has 0 unspecified atom stereocenters. The lowest BCUT2D eigenvalue weighted by atomic mass is 10.1. The molecular weight excluding hydrogens is 292 g/mol. The molecule has 2 aromatic rings. The zero-order valence-electron chi connectivity index (χ0n) is 13.2. The van der Waals surface area contributed by atoms with Crippen molar-refractivity contribution in [3.8, 4) is 22.8 Å². The number of rotatable bonds is 3. The van der Waals surface area contributed by atoms with Gasteiger partial charge in [-0.15, -0.1) is 0 Å². The number of nitrogens with two attached hydrogens (primary N) is 1. The molecule has 1 aliphatic heterocycles. The molecule has 1 amide bonds. The summed E-state index contributed by atoms with van der Waals surface area (Å²) in [4.78, 5) is 11.7. The number of hydrogen-bond donors (Lipinski definition) is 1. The Morgan fingerprint density at radius 1 is 1.17 bits per heavy atom. The van der Waals surface area contributed by atoms with Crippen molar-refractivity contribution in [1.82, 2.24) is 4.57 Å². The van der Waals surface area contributed by atoms with Crippen LogP contribution in [0, 0.1) is 6.92 Å². The first-order chi connectivity index (χ1) is 11.1. The van der Waals surface area contributed by atoms with Crippen molar-refractivity contribution < 1.29 is 14.3 Å². The molecule has 1 fully saturated rings. The third-order valence-electron chi connectivity index (χ3n) is 4.51. The van der Waals surface area contributed by atoms with E-state index in [-0.39, 0.29) is 5.91 Å². The molecule has 120 valence electrons. The maximum atomic E-state index is 11.7. The molecule has 2 N–H and O–H groups in total. The molecule has 1 aliphatic carbocycles. The molecule has 5 heteroatoms. The molecule has 2 aliphatic rings. The molecular formula is C18H20N2O3. The average Bonchev–Trinajstić information content (AvgIpc) is 3.33. The first-order valence-electron chi connectivity index (χ1n) is 8.07. The molecule has 0 spiro atoms. The van der Waals surface area contributed by atoms with Crippen LogP contribution in [-0.2, 0) is 0 Å². The summed E-state index contributed by atoms with van der Waals surface area (Å²) >= 11 is 0. The fraction of sp³-hybridized carbons (Fsp3) is 0.389. The monoisotopic (exact) mass is 312 g/mol. The fourth-order valence-corrected chi connectivity index (χ4v) is 3.22. The highest BCUT2D eigenvalue weighted by atomic mass is 16.5. The lowest BCUT2D eigenvalue weighted by molar-refractivity contribution is 0.0999. The summed E-state index contributed by atoms with van der Waals surface area (Å²) in [5, 5.41) is 0. The maximum Gasteiger partial charge on any atom is 0.250 e. The standard InChI is InChI=1S/C18H20N2O3/c1-11-14(18(19)21)10-15(20(11)13-4-5-13)12-3-6-16-17(9-12)23-8-2-7-22-16/h3,6,9-10,13H,2,4-5,7-8H2,1H3,(H2,19,21). The zero-order valence-corrected chi connectivity index (χ0v) is 13.2. The topological polar surface area (TPSA) is 66.5 Å². The van der Waals surface area contributed by atoms with Crippen LogP contribution in [0.4, 0.5) is 0 Å². The Balaban J connectivity index is 1.82. The molecule has 5 nitrogen and oxygen atoms in total. The summed E-state index contributed by atoms with van der Waals surface area (Å²) in [6.07, 6.45) is 3.17. The van der Waals surface area contributed by atoms with Gasteiger partial charge < -0.3 is 19.8 Å². The van der Waals surface area contributed by atoms with Gasteiger partial charge in [0.05, 0.1) is 18.8 Å². The van der Waals surface area contributed by atoms with Crippen molar-refractivity contribution in [2.75, 3.05) is 13.2 Å². The summed E-state index contributed by atoms with van der Waals surface area (Å²) in [5.41, 5.74) is 9.12. The molecule has 0 atom stereocenters.